The fraction of sp³-hybridized carbons (Fsp3) is 0.200. The first-order valence-electron chi connectivity index (χ1n) is 6.40. The number of hydrogen-bond acceptors (Lipinski definition) is 4. The van der Waals surface area contributed by atoms with Crippen molar-refractivity contribution in [1.29, 1.82) is 0 Å². The van der Waals surface area contributed by atoms with Gasteiger partial charge in [0.2, 0.25) is 6.79 Å². The van der Waals surface area contributed by atoms with Gasteiger partial charge in [-0.05, 0) is 35.9 Å². The number of rotatable bonds is 4. The lowest BCUT2D eigenvalue weighted by molar-refractivity contribution is 0.173. The number of hydrogen-bond donors (Lipinski definition) is 2. The van der Waals surface area contributed by atoms with Gasteiger partial charge in [-0.25, -0.2) is 0 Å². The fourth-order valence-electron chi connectivity index (χ4n) is 2.08. The van der Waals surface area contributed by atoms with Crippen molar-refractivity contribution in [2.75, 3.05) is 18.7 Å². The van der Waals surface area contributed by atoms with E-state index in [-0.39, 0.29) is 6.79 Å². The minimum absolute atomic E-state index is 0.214. The van der Waals surface area contributed by atoms with Crippen molar-refractivity contribution in [2.24, 2.45) is 0 Å². The van der Waals surface area contributed by atoms with Gasteiger partial charge in [0.25, 0.3) is 0 Å². The molecule has 1 atom stereocenters. The molecule has 0 saturated carbocycles. The Morgan fingerprint density at radius 2 is 1.90 bits per heavy atom. The Morgan fingerprint density at radius 3 is 2.76 bits per heavy atom. The van der Waals surface area contributed by atoms with Crippen molar-refractivity contribution in [1.82, 2.24) is 0 Å². The summed E-state index contributed by atoms with van der Waals surface area (Å²) in [7, 11) is 0. The van der Waals surface area contributed by atoms with Crippen molar-refractivity contribution in [3.63, 3.8) is 0 Å². The highest BCUT2D eigenvalue weighted by molar-refractivity contribution is 6.35. The third-order valence-electron chi connectivity index (χ3n) is 3.20. The number of aliphatic hydroxyl groups is 1. The van der Waals surface area contributed by atoms with Crippen LogP contribution in [0.1, 0.15) is 11.7 Å². The second kappa shape index (κ2) is 6.02. The Labute approximate surface area is 132 Å². The van der Waals surface area contributed by atoms with Crippen molar-refractivity contribution in [3.8, 4) is 11.5 Å². The monoisotopic (exact) mass is 325 g/mol. The Kier molecular flexibility index (Phi) is 4.10. The van der Waals surface area contributed by atoms with E-state index in [0.717, 1.165) is 5.56 Å². The molecule has 6 heteroatoms. The Balaban J connectivity index is 1.69. The maximum Gasteiger partial charge on any atom is 0.231 e. The topological polar surface area (TPSA) is 50.7 Å². The third-order valence-corrected chi connectivity index (χ3v) is 3.76. The van der Waals surface area contributed by atoms with Crippen LogP contribution in [-0.2, 0) is 0 Å². The summed E-state index contributed by atoms with van der Waals surface area (Å²) in [5.74, 6) is 1.34. The first-order chi connectivity index (χ1) is 10.1. The smallest absolute Gasteiger partial charge is 0.231 e. The minimum Gasteiger partial charge on any atom is -0.454 e. The molecule has 4 nitrogen and oxygen atoms in total. The van der Waals surface area contributed by atoms with E-state index in [2.05, 4.69) is 5.32 Å². The molecule has 3 rings (SSSR count). The van der Waals surface area contributed by atoms with Gasteiger partial charge in [0.1, 0.15) is 0 Å². The Bertz CT molecular complexity index is 663. The molecular weight excluding hydrogens is 313 g/mol. The van der Waals surface area contributed by atoms with Crippen molar-refractivity contribution < 1.29 is 14.6 Å². The molecule has 2 aromatic carbocycles. The van der Waals surface area contributed by atoms with Crippen LogP contribution in [0.2, 0.25) is 10.0 Å². The molecular formula is C15H13Cl2NO3. The molecule has 1 heterocycles. The number of fused-ring (bicyclic) bond motifs is 1. The molecule has 2 aromatic rings. The van der Waals surface area contributed by atoms with E-state index >= 15 is 0 Å². The summed E-state index contributed by atoms with van der Waals surface area (Å²) in [6.45, 7) is 0.519. The highest BCUT2D eigenvalue weighted by atomic mass is 35.5. The molecule has 0 aromatic heterocycles. The molecule has 0 spiro atoms. The molecule has 0 saturated heterocycles. The third kappa shape index (κ3) is 3.18. The summed E-state index contributed by atoms with van der Waals surface area (Å²) in [5, 5.41) is 14.5. The van der Waals surface area contributed by atoms with Crippen molar-refractivity contribution in [2.45, 2.75) is 6.10 Å². The zero-order valence-corrected chi connectivity index (χ0v) is 12.5. The van der Waals surface area contributed by atoms with Crippen molar-refractivity contribution in [3.05, 3.63) is 52.0 Å². The Morgan fingerprint density at radius 1 is 1.10 bits per heavy atom. The fourth-order valence-corrected chi connectivity index (χ4v) is 2.43. The van der Waals surface area contributed by atoms with E-state index < -0.39 is 6.10 Å². The maximum absolute atomic E-state index is 10.2. The first-order valence-corrected chi connectivity index (χ1v) is 7.15. The van der Waals surface area contributed by atoms with Gasteiger partial charge in [-0.1, -0.05) is 29.3 Å². The van der Waals surface area contributed by atoms with Gasteiger partial charge in [0.05, 0.1) is 16.8 Å². The molecule has 2 N–H and O–H groups in total. The normalized spacial score (nSPS) is 14.0. The standard InChI is InChI=1S/C15H13Cl2NO3/c16-10-2-3-11(17)12(6-10)18-7-13(19)9-1-4-14-15(5-9)21-8-20-14/h1-6,13,18-19H,7-8H2. The molecule has 1 aliphatic rings. The zero-order valence-electron chi connectivity index (χ0n) is 11.0. The second-order valence-electron chi connectivity index (χ2n) is 4.63. The lowest BCUT2D eigenvalue weighted by Crippen LogP contribution is -2.12. The first kappa shape index (κ1) is 14.3. The summed E-state index contributed by atoms with van der Waals surface area (Å²) < 4.78 is 10.5. The van der Waals surface area contributed by atoms with Gasteiger partial charge in [-0.2, -0.15) is 0 Å². The Hall–Kier alpha value is -1.62. The summed E-state index contributed by atoms with van der Waals surface area (Å²) in [6.07, 6.45) is -0.699. The molecule has 1 aliphatic heterocycles. The minimum atomic E-state index is -0.699. The SMILES string of the molecule is OC(CNc1cc(Cl)ccc1Cl)c1ccc2c(c1)OCO2. The van der Waals surface area contributed by atoms with Crippen LogP contribution in [0.5, 0.6) is 11.5 Å². The van der Waals surface area contributed by atoms with Crippen LogP contribution in [0.3, 0.4) is 0 Å². The van der Waals surface area contributed by atoms with Crippen LogP contribution in [0.25, 0.3) is 0 Å². The van der Waals surface area contributed by atoms with Crippen LogP contribution >= 0.6 is 23.2 Å². The average molecular weight is 326 g/mol. The molecule has 110 valence electrons. The average Bonchev–Trinajstić information content (AvgIpc) is 2.95. The summed E-state index contributed by atoms with van der Waals surface area (Å²) in [4.78, 5) is 0. The van der Waals surface area contributed by atoms with Gasteiger partial charge in [-0.3, -0.25) is 0 Å². The molecule has 0 radical (unpaired) electrons. The van der Waals surface area contributed by atoms with Gasteiger partial charge in [0, 0.05) is 11.6 Å². The number of halogens is 2. The van der Waals surface area contributed by atoms with E-state index in [1.54, 1.807) is 36.4 Å². The lowest BCUT2D eigenvalue weighted by atomic mass is 10.1. The molecule has 1 unspecified atom stereocenters. The number of ether oxygens (including phenoxy) is 2. The molecule has 0 aliphatic carbocycles. The van der Waals surface area contributed by atoms with E-state index in [4.69, 9.17) is 32.7 Å². The van der Waals surface area contributed by atoms with Crippen LogP contribution in [0.15, 0.2) is 36.4 Å². The number of aliphatic hydroxyl groups excluding tert-OH is 1. The van der Waals surface area contributed by atoms with Crippen LogP contribution in [0, 0.1) is 0 Å². The maximum atomic E-state index is 10.2. The van der Waals surface area contributed by atoms with Crippen LogP contribution in [0.4, 0.5) is 5.69 Å². The van der Waals surface area contributed by atoms with Crippen molar-refractivity contribution >= 4 is 28.9 Å². The van der Waals surface area contributed by atoms with E-state index in [0.29, 0.717) is 33.8 Å². The van der Waals surface area contributed by atoms with E-state index in [1.165, 1.54) is 0 Å². The molecule has 0 amide bonds. The molecule has 21 heavy (non-hydrogen) atoms. The summed E-state index contributed by atoms with van der Waals surface area (Å²) in [5.41, 5.74) is 1.42. The van der Waals surface area contributed by atoms with Crippen LogP contribution in [-0.4, -0.2) is 18.4 Å². The predicted octanol–water partition coefficient (Wildman–Crippen LogP) is 3.87. The number of benzene rings is 2. The summed E-state index contributed by atoms with van der Waals surface area (Å²) >= 11 is 12.0. The van der Waals surface area contributed by atoms with E-state index in [1.807, 2.05) is 0 Å². The zero-order chi connectivity index (χ0) is 14.8. The van der Waals surface area contributed by atoms with E-state index in [9.17, 15) is 5.11 Å². The quantitative estimate of drug-likeness (QED) is 0.896. The number of anilines is 1. The highest BCUT2D eigenvalue weighted by Crippen LogP contribution is 2.34. The van der Waals surface area contributed by atoms with Gasteiger partial charge in [-0.15, -0.1) is 0 Å². The van der Waals surface area contributed by atoms with Gasteiger partial charge >= 0.3 is 0 Å². The lowest BCUT2D eigenvalue weighted by Gasteiger charge is -2.14. The summed E-state index contributed by atoms with van der Waals surface area (Å²) in [6, 6.07) is 10.5. The predicted molar refractivity (Wildman–Crippen MR) is 82.5 cm³/mol. The molecule has 0 fully saturated rings. The number of nitrogens with one attached hydrogen (secondary N) is 1. The van der Waals surface area contributed by atoms with Gasteiger partial charge in [0.15, 0.2) is 11.5 Å². The highest BCUT2D eigenvalue weighted by Gasteiger charge is 2.16. The van der Waals surface area contributed by atoms with Gasteiger partial charge < -0.3 is 19.9 Å². The second-order valence-corrected chi connectivity index (χ2v) is 5.48. The largest absolute Gasteiger partial charge is 0.454 e. The van der Waals surface area contributed by atoms with Crippen LogP contribution < -0.4 is 14.8 Å². The molecule has 0 bridgehead atoms.